The Morgan fingerprint density at radius 2 is 2.07 bits per heavy atom. The molecule has 3 heterocycles. The number of aryl methyl sites for hydroxylation is 1. The molecule has 0 bridgehead atoms. The molecule has 0 radical (unpaired) electrons. The number of carbonyl (C=O) groups is 1. The summed E-state index contributed by atoms with van der Waals surface area (Å²) in [6.45, 7) is 3.84. The number of carbonyl (C=O) groups excluding carboxylic acids is 1. The lowest BCUT2D eigenvalue weighted by molar-refractivity contribution is 0.0507. The Kier molecular flexibility index (Phi) is 5.30. The summed E-state index contributed by atoms with van der Waals surface area (Å²) < 4.78 is 12.9. The zero-order valence-corrected chi connectivity index (χ0v) is 16.3. The van der Waals surface area contributed by atoms with Crippen molar-refractivity contribution in [2.45, 2.75) is 32.4 Å². The summed E-state index contributed by atoms with van der Waals surface area (Å²) in [5, 5.41) is 0. The number of aromatic nitrogens is 2. The van der Waals surface area contributed by atoms with Crippen LogP contribution in [0.15, 0.2) is 48.8 Å². The van der Waals surface area contributed by atoms with Crippen molar-refractivity contribution < 1.29 is 14.3 Å². The van der Waals surface area contributed by atoms with E-state index in [4.69, 9.17) is 9.47 Å². The Labute approximate surface area is 164 Å². The molecule has 6 nitrogen and oxygen atoms in total. The van der Waals surface area contributed by atoms with Gasteiger partial charge in [-0.25, -0.2) is 4.98 Å². The number of rotatable bonds is 6. The fourth-order valence-electron chi connectivity index (χ4n) is 3.63. The second-order valence-electron chi connectivity index (χ2n) is 7.23. The third-order valence-corrected chi connectivity index (χ3v) is 5.09. The summed E-state index contributed by atoms with van der Waals surface area (Å²) in [7, 11) is 1.65. The Morgan fingerprint density at radius 1 is 1.25 bits per heavy atom. The number of hydrogen-bond acceptors (Lipinski definition) is 4. The molecular weight excluding hydrogens is 354 g/mol. The van der Waals surface area contributed by atoms with Crippen molar-refractivity contribution in [2.75, 3.05) is 20.3 Å². The molecule has 146 valence electrons. The minimum Gasteiger partial charge on any atom is -0.497 e. The number of nitrogens with zero attached hydrogens (tertiary/aromatic N) is 3. The van der Waals surface area contributed by atoms with Crippen LogP contribution in [0.5, 0.6) is 5.75 Å². The Balaban J connectivity index is 1.58. The summed E-state index contributed by atoms with van der Waals surface area (Å²) in [4.78, 5) is 19.6. The van der Waals surface area contributed by atoms with Gasteiger partial charge in [0.2, 0.25) is 0 Å². The van der Waals surface area contributed by atoms with E-state index in [1.165, 1.54) is 0 Å². The molecular formula is C22H25N3O3. The standard InChI is InChI=1S/C22H25N3O3/c1-16-12-24-14-18(7-10-21(24)23-16)22(26)25(15-20-4-3-11-28-20)13-17-5-8-19(27-2)9-6-17/h5-10,12,14,20H,3-4,11,13,15H2,1-2H3. The number of amides is 1. The molecule has 3 aromatic rings. The first-order chi connectivity index (χ1) is 13.6. The van der Waals surface area contributed by atoms with Crippen LogP contribution in [-0.2, 0) is 11.3 Å². The zero-order valence-electron chi connectivity index (χ0n) is 16.3. The van der Waals surface area contributed by atoms with E-state index >= 15 is 0 Å². The first-order valence-electron chi connectivity index (χ1n) is 9.61. The maximum Gasteiger partial charge on any atom is 0.255 e. The molecule has 2 aromatic heterocycles. The van der Waals surface area contributed by atoms with Crippen molar-refractivity contribution in [3.05, 3.63) is 65.6 Å². The lowest BCUT2D eigenvalue weighted by Crippen LogP contribution is -2.37. The maximum absolute atomic E-state index is 13.3. The second kappa shape index (κ2) is 8.02. The lowest BCUT2D eigenvalue weighted by Gasteiger charge is -2.26. The van der Waals surface area contributed by atoms with Crippen LogP contribution in [0.4, 0.5) is 0 Å². The fourth-order valence-corrected chi connectivity index (χ4v) is 3.63. The van der Waals surface area contributed by atoms with Crippen LogP contribution >= 0.6 is 0 Å². The van der Waals surface area contributed by atoms with Gasteiger partial charge in [-0.3, -0.25) is 4.79 Å². The van der Waals surface area contributed by atoms with Gasteiger partial charge in [0.05, 0.1) is 24.5 Å². The first-order valence-corrected chi connectivity index (χ1v) is 9.61. The highest BCUT2D eigenvalue weighted by molar-refractivity contribution is 5.94. The minimum atomic E-state index is -0.000397. The number of hydrogen-bond donors (Lipinski definition) is 0. The molecule has 1 aliphatic heterocycles. The van der Waals surface area contributed by atoms with Crippen LogP contribution in [0.3, 0.4) is 0 Å². The van der Waals surface area contributed by atoms with Gasteiger partial charge in [0.1, 0.15) is 11.4 Å². The van der Waals surface area contributed by atoms with Gasteiger partial charge in [-0.2, -0.15) is 0 Å². The predicted molar refractivity (Wildman–Crippen MR) is 107 cm³/mol. The summed E-state index contributed by atoms with van der Waals surface area (Å²) >= 11 is 0. The quantitative estimate of drug-likeness (QED) is 0.658. The summed E-state index contributed by atoms with van der Waals surface area (Å²) in [6, 6.07) is 11.6. The molecule has 1 amide bonds. The zero-order chi connectivity index (χ0) is 19.5. The highest BCUT2D eigenvalue weighted by atomic mass is 16.5. The molecule has 0 N–H and O–H groups in total. The van der Waals surface area contributed by atoms with Crippen LogP contribution in [-0.4, -0.2) is 46.6 Å². The molecule has 0 aliphatic carbocycles. The van der Waals surface area contributed by atoms with Gasteiger partial charge in [0.15, 0.2) is 0 Å². The van der Waals surface area contributed by atoms with Crippen LogP contribution in [0.2, 0.25) is 0 Å². The smallest absolute Gasteiger partial charge is 0.255 e. The van der Waals surface area contributed by atoms with Gasteiger partial charge in [-0.05, 0) is 49.6 Å². The SMILES string of the molecule is COc1ccc(CN(CC2CCCO2)C(=O)c2ccc3nc(C)cn3c2)cc1. The van der Waals surface area contributed by atoms with Gasteiger partial charge < -0.3 is 18.8 Å². The summed E-state index contributed by atoms with van der Waals surface area (Å²) in [5.74, 6) is 0.807. The predicted octanol–water partition coefficient (Wildman–Crippen LogP) is 3.47. The van der Waals surface area contributed by atoms with E-state index in [-0.39, 0.29) is 12.0 Å². The Hall–Kier alpha value is -2.86. The number of ether oxygens (including phenoxy) is 2. The van der Waals surface area contributed by atoms with Crippen molar-refractivity contribution in [3.63, 3.8) is 0 Å². The topological polar surface area (TPSA) is 56.1 Å². The van der Waals surface area contributed by atoms with Crippen molar-refractivity contribution >= 4 is 11.6 Å². The third-order valence-electron chi connectivity index (χ3n) is 5.09. The van der Waals surface area contributed by atoms with Gasteiger partial charge in [-0.1, -0.05) is 12.1 Å². The van der Waals surface area contributed by atoms with Crippen LogP contribution < -0.4 is 4.74 Å². The Morgan fingerprint density at radius 3 is 2.79 bits per heavy atom. The molecule has 0 saturated carbocycles. The second-order valence-corrected chi connectivity index (χ2v) is 7.23. The van der Waals surface area contributed by atoms with Crippen molar-refractivity contribution in [3.8, 4) is 5.75 Å². The number of pyridine rings is 1. The van der Waals surface area contributed by atoms with Crippen LogP contribution in [0.25, 0.3) is 5.65 Å². The van der Waals surface area contributed by atoms with E-state index < -0.39 is 0 Å². The summed E-state index contributed by atoms with van der Waals surface area (Å²) in [6.07, 6.45) is 5.93. The van der Waals surface area contributed by atoms with Crippen molar-refractivity contribution in [1.82, 2.24) is 14.3 Å². The molecule has 1 atom stereocenters. The molecule has 1 saturated heterocycles. The van der Waals surface area contributed by atoms with E-state index in [1.54, 1.807) is 7.11 Å². The first kappa shape index (κ1) is 18.5. The molecule has 1 aromatic carbocycles. The van der Waals surface area contributed by atoms with Gasteiger partial charge in [0.25, 0.3) is 5.91 Å². The monoisotopic (exact) mass is 379 g/mol. The largest absolute Gasteiger partial charge is 0.497 e. The van der Waals surface area contributed by atoms with Crippen molar-refractivity contribution in [1.29, 1.82) is 0 Å². The molecule has 4 rings (SSSR count). The third kappa shape index (κ3) is 4.02. The van der Waals surface area contributed by atoms with Gasteiger partial charge in [0, 0.05) is 32.1 Å². The van der Waals surface area contributed by atoms with E-state index in [2.05, 4.69) is 4.98 Å². The minimum absolute atomic E-state index is 0.000397. The average molecular weight is 379 g/mol. The highest BCUT2D eigenvalue weighted by Crippen LogP contribution is 2.19. The molecule has 1 aliphatic rings. The lowest BCUT2D eigenvalue weighted by atomic mass is 10.1. The number of methoxy groups -OCH3 is 1. The van der Waals surface area contributed by atoms with Gasteiger partial charge in [-0.15, -0.1) is 0 Å². The molecule has 1 fully saturated rings. The van der Waals surface area contributed by atoms with Crippen molar-refractivity contribution in [2.24, 2.45) is 0 Å². The normalized spacial score (nSPS) is 16.4. The van der Waals surface area contributed by atoms with Gasteiger partial charge >= 0.3 is 0 Å². The molecule has 28 heavy (non-hydrogen) atoms. The molecule has 6 heteroatoms. The van der Waals surface area contributed by atoms with E-state index in [9.17, 15) is 4.79 Å². The fraction of sp³-hybridized carbons (Fsp3) is 0.364. The number of fused-ring (bicyclic) bond motifs is 1. The van der Waals surface area contributed by atoms with E-state index in [1.807, 2.05) is 65.0 Å². The van der Waals surface area contributed by atoms with E-state index in [0.29, 0.717) is 18.7 Å². The number of imidazole rings is 1. The Bertz CT molecular complexity index is 959. The average Bonchev–Trinajstić information content (AvgIpc) is 3.35. The van der Waals surface area contributed by atoms with Crippen LogP contribution in [0.1, 0.15) is 34.5 Å². The van der Waals surface area contributed by atoms with E-state index in [0.717, 1.165) is 42.1 Å². The van der Waals surface area contributed by atoms with Crippen LogP contribution in [0, 0.1) is 6.92 Å². The summed E-state index contributed by atoms with van der Waals surface area (Å²) in [5.41, 5.74) is 3.48. The molecule has 1 unspecified atom stereocenters. The number of benzene rings is 1. The highest BCUT2D eigenvalue weighted by Gasteiger charge is 2.24. The maximum atomic E-state index is 13.3. The molecule has 0 spiro atoms.